The summed E-state index contributed by atoms with van der Waals surface area (Å²) in [7, 11) is 1.60. The number of anilines is 1. The largest absolute Gasteiger partial charge is 0.296 e. The molecule has 0 saturated carbocycles. The molecule has 7 nitrogen and oxygen atoms in total. The Morgan fingerprint density at radius 3 is 2.64 bits per heavy atom. The molecule has 1 saturated heterocycles. The molecule has 1 aromatic rings. The molecule has 22 heavy (non-hydrogen) atoms. The fourth-order valence-corrected chi connectivity index (χ4v) is 3.87. The molecular formula is C13H17ClN4O3S. The first-order chi connectivity index (χ1) is 10.0. The van der Waals surface area contributed by atoms with Crippen LogP contribution in [0.4, 0.5) is 5.82 Å². The normalized spacial score (nSPS) is 19.5. The van der Waals surface area contributed by atoms with E-state index in [9.17, 15) is 18.5 Å². The number of hydrogen-bond acceptors (Lipinski definition) is 5. The molecule has 1 unspecified atom stereocenters. The molecule has 0 radical (unpaired) electrons. The fourth-order valence-electron chi connectivity index (χ4n) is 2.55. The summed E-state index contributed by atoms with van der Waals surface area (Å²) in [6, 6.07) is 2.03. The first-order valence-electron chi connectivity index (χ1n) is 6.74. The highest BCUT2D eigenvalue weighted by Crippen LogP contribution is 2.32. The number of hydrogen-bond donors (Lipinski definition) is 0. The van der Waals surface area contributed by atoms with Crippen molar-refractivity contribution < 1.29 is 13.2 Å². The number of nitrogens with zero attached hydrogens (tertiary/aromatic N) is 4. The Morgan fingerprint density at radius 1 is 1.50 bits per heavy atom. The zero-order chi connectivity index (χ0) is 16.7. The summed E-state index contributed by atoms with van der Waals surface area (Å²) in [5.74, 6) is -0.463. The van der Waals surface area contributed by atoms with Crippen molar-refractivity contribution in [1.82, 2.24) is 9.78 Å². The molecule has 0 aliphatic carbocycles. The van der Waals surface area contributed by atoms with Gasteiger partial charge in [-0.25, -0.2) is 13.1 Å². The van der Waals surface area contributed by atoms with Crippen LogP contribution >= 0.6 is 10.7 Å². The number of amides is 1. The lowest BCUT2D eigenvalue weighted by Gasteiger charge is -2.26. The third kappa shape index (κ3) is 3.42. The molecule has 1 amide bonds. The molecular weight excluding hydrogens is 328 g/mol. The second-order valence-corrected chi connectivity index (χ2v) is 9.18. The highest BCUT2D eigenvalue weighted by molar-refractivity contribution is 8.13. The van der Waals surface area contributed by atoms with Gasteiger partial charge in [0.1, 0.15) is 11.6 Å². The van der Waals surface area contributed by atoms with Crippen LogP contribution in [0.2, 0.25) is 0 Å². The average molecular weight is 345 g/mol. The molecule has 0 N–H and O–H groups in total. The van der Waals surface area contributed by atoms with Gasteiger partial charge in [0.05, 0.1) is 17.5 Å². The highest BCUT2D eigenvalue weighted by atomic mass is 35.7. The lowest BCUT2D eigenvalue weighted by Crippen LogP contribution is -2.33. The molecule has 1 aromatic heterocycles. The maximum absolute atomic E-state index is 12.3. The Labute approximate surface area is 133 Å². The second kappa shape index (κ2) is 5.56. The maximum atomic E-state index is 12.3. The van der Waals surface area contributed by atoms with Crippen molar-refractivity contribution in [2.75, 3.05) is 17.2 Å². The van der Waals surface area contributed by atoms with E-state index in [-0.39, 0.29) is 36.1 Å². The van der Waals surface area contributed by atoms with Gasteiger partial charge in [-0.1, -0.05) is 0 Å². The summed E-state index contributed by atoms with van der Waals surface area (Å²) in [6.45, 7) is 5.94. The monoisotopic (exact) mass is 344 g/mol. The minimum absolute atomic E-state index is 0.0894. The van der Waals surface area contributed by atoms with Gasteiger partial charge in [-0.3, -0.25) is 9.69 Å². The molecule has 0 aromatic carbocycles. The van der Waals surface area contributed by atoms with Crippen molar-refractivity contribution in [3.63, 3.8) is 0 Å². The van der Waals surface area contributed by atoms with Crippen LogP contribution in [0.15, 0.2) is 6.20 Å². The van der Waals surface area contributed by atoms with E-state index in [0.717, 1.165) is 0 Å². The summed E-state index contributed by atoms with van der Waals surface area (Å²) < 4.78 is 24.0. The van der Waals surface area contributed by atoms with Crippen LogP contribution in [0.1, 0.15) is 32.8 Å². The van der Waals surface area contributed by atoms with Crippen molar-refractivity contribution in [3.8, 4) is 6.07 Å². The number of halogens is 1. The van der Waals surface area contributed by atoms with Crippen LogP contribution in [0.25, 0.3) is 0 Å². The first-order valence-corrected chi connectivity index (χ1v) is 9.22. The molecule has 1 aliphatic heterocycles. The van der Waals surface area contributed by atoms with Crippen LogP contribution in [-0.4, -0.2) is 36.4 Å². The number of nitriles is 1. The van der Waals surface area contributed by atoms with Crippen LogP contribution < -0.4 is 4.90 Å². The van der Waals surface area contributed by atoms with Crippen molar-refractivity contribution in [3.05, 3.63) is 11.8 Å². The van der Waals surface area contributed by atoms with Gasteiger partial charge in [-0.2, -0.15) is 10.4 Å². The van der Waals surface area contributed by atoms with E-state index in [1.165, 1.54) is 11.1 Å². The lowest BCUT2D eigenvalue weighted by molar-refractivity contribution is -0.117. The zero-order valence-electron chi connectivity index (χ0n) is 12.6. The Morgan fingerprint density at radius 2 is 2.14 bits per heavy atom. The van der Waals surface area contributed by atoms with Crippen molar-refractivity contribution in [1.29, 1.82) is 5.26 Å². The van der Waals surface area contributed by atoms with Gasteiger partial charge in [0.25, 0.3) is 0 Å². The van der Waals surface area contributed by atoms with Gasteiger partial charge in [-0.15, -0.1) is 0 Å². The predicted molar refractivity (Wildman–Crippen MR) is 82.0 cm³/mol. The van der Waals surface area contributed by atoms with Gasteiger partial charge in [0.15, 0.2) is 5.82 Å². The molecule has 2 heterocycles. The van der Waals surface area contributed by atoms with Gasteiger partial charge >= 0.3 is 0 Å². The smallest absolute Gasteiger partial charge is 0.232 e. The molecule has 1 aliphatic rings. The maximum Gasteiger partial charge on any atom is 0.232 e. The first kappa shape index (κ1) is 16.8. The number of carbonyl (C=O) groups is 1. The number of aromatic nitrogens is 2. The van der Waals surface area contributed by atoms with E-state index in [1.807, 2.05) is 26.8 Å². The van der Waals surface area contributed by atoms with E-state index in [4.69, 9.17) is 10.7 Å². The Bertz CT molecular complexity index is 742. The zero-order valence-corrected chi connectivity index (χ0v) is 14.1. The molecule has 1 atom stereocenters. The van der Waals surface area contributed by atoms with Crippen molar-refractivity contribution in [2.24, 2.45) is 5.92 Å². The van der Waals surface area contributed by atoms with E-state index < -0.39 is 14.6 Å². The predicted octanol–water partition coefficient (Wildman–Crippen LogP) is 1.43. The third-order valence-corrected chi connectivity index (χ3v) is 4.64. The Hall–Kier alpha value is -1.59. The molecule has 1 fully saturated rings. The van der Waals surface area contributed by atoms with Crippen LogP contribution in [0.5, 0.6) is 0 Å². The highest BCUT2D eigenvalue weighted by Gasteiger charge is 2.37. The summed E-state index contributed by atoms with van der Waals surface area (Å²) >= 11 is 0. The van der Waals surface area contributed by atoms with Gasteiger partial charge < -0.3 is 0 Å². The minimum Gasteiger partial charge on any atom is -0.296 e. The summed E-state index contributed by atoms with van der Waals surface area (Å²) in [4.78, 5) is 13.7. The van der Waals surface area contributed by atoms with Crippen LogP contribution in [0.3, 0.4) is 0 Å². The molecule has 2 rings (SSSR count). The number of rotatable bonds is 3. The molecule has 0 spiro atoms. The van der Waals surface area contributed by atoms with Gasteiger partial charge in [-0.05, 0) is 20.8 Å². The van der Waals surface area contributed by atoms with Crippen molar-refractivity contribution >= 4 is 31.5 Å². The summed E-state index contributed by atoms with van der Waals surface area (Å²) in [5, 5.41) is 13.4. The standard InChI is InChI=1S/C13H17ClN4O3S/c1-13(2,3)18-12(10(5-15)6-16-18)17-7-9(4-11(17)19)8-22(14,20)21/h6,9H,4,7-8H2,1-3H3. The lowest BCUT2D eigenvalue weighted by atomic mass is 10.1. The van der Waals surface area contributed by atoms with E-state index in [1.54, 1.807) is 4.68 Å². The van der Waals surface area contributed by atoms with E-state index >= 15 is 0 Å². The average Bonchev–Trinajstić information content (AvgIpc) is 2.89. The Balaban J connectivity index is 2.39. The SMILES string of the molecule is CC(C)(C)n1ncc(C#N)c1N1CC(CS(=O)(=O)Cl)CC1=O. The van der Waals surface area contributed by atoms with Crippen molar-refractivity contribution in [2.45, 2.75) is 32.7 Å². The minimum atomic E-state index is -3.67. The Kier molecular flexibility index (Phi) is 4.24. The fraction of sp³-hybridized carbons (Fsp3) is 0.615. The summed E-state index contributed by atoms with van der Waals surface area (Å²) in [5.41, 5.74) is -0.126. The van der Waals surface area contributed by atoms with Crippen LogP contribution in [0, 0.1) is 17.2 Å². The quantitative estimate of drug-likeness (QED) is 0.773. The molecule has 120 valence electrons. The second-order valence-electron chi connectivity index (χ2n) is 6.36. The molecule has 0 bridgehead atoms. The topological polar surface area (TPSA) is 96.1 Å². The van der Waals surface area contributed by atoms with E-state index in [2.05, 4.69) is 5.10 Å². The number of carbonyl (C=O) groups excluding carboxylic acids is 1. The van der Waals surface area contributed by atoms with E-state index in [0.29, 0.717) is 5.82 Å². The third-order valence-electron chi connectivity index (χ3n) is 3.40. The van der Waals surface area contributed by atoms with Crippen LogP contribution in [-0.2, 0) is 19.4 Å². The molecule has 9 heteroatoms. The summed E-state index contributed by atoms with van der Waals surface area (Å²) in [6.07, 6.45) is 1.51. The van der Waals surface area contributed by atoms with Gasteiger partial charge in [0.2, 0.25) is 15.0 Å². The van der Waals surface area contributed by atoms with Gasteiger partial charge in [0, 0.05) is 29.6 Å².